The van der Waals surface area contributed by atoms with Gasteiger partial charge >= 0.3 is 0 Å². The molecular weight excluding hydrogens is 481 g/mol. The molecule has 0 saturated carbocycles. The third-order valence-electron chi connectivity index (χ3n) is 4.68. The Labute approximate surface area is 204 Å². The van der Waals surface area contributed by atoms with Gasteiger partial charge in [0.05, 0.1) is 28.9 Å². The third kappa shape index (κ3) is 5.27. The van der Waals surface area contributed by atoms with Crippen molar-refractivity contribution in [1.29, 1.82) is 0 Å². The minimum absolute atomic E-state index is 0.120. The first-order valence-corrected chi connectivity index (χ1v) is 11.6. The van der Waals surface area contributed by atoms with Crippen molar-refractivity contribution in [3.8, 4) is 17.1 Å². The minimum atomic E-state index is -0.284. The number of amides is 1. The van der Waals surface area contributed by atoms with Crippen LogP contribution in [0.1, 0.15) is 11.3 Å². The molecular formula is C22H19Cl2N7OS. The average molecular weight is 500 g/mol. The number of halogens is 2. The first-order chi connectivity index (χ1) is 15.9. The van der Waals surface area contributed by atoms with Crippen LogP contribution in [0.15, 0.2) is 64.9 Å². The number of aromatic nitrogens is 5. The molecule has 0 aliphatic rings. The molecule has 4 aromatic rings. The second-order valence-electron chi connectivity index (χ2n) is 6.99. The lowest BCUT2D eigenvalue weighted by Gasteiger charge is -2.04. The van der Waals surface area contributed by atoms with Crippen LogP contribution in [0.4, 0.5) is 0 Å². The van der Waals surface area contributed by atoms with Gasteiger partial charge in [0.15, 0.2) is 11.0 Å². The summed E-state index contributed by atoms with van der Waals surface area (Å²) in [5.41, 5.74) is 5.53. The van der Waals surface area contributed by atoms with E-state index in [9.17, 15) is 4.79 Å². The zero-order valence-electron chi connectivity index (χ0n) is 17.7. The molecule has 2 heterocycles. The summed E-state index contributed by atoms with van der Waals surface area (Å²) in [6.45, 7) is 1.83. The van der Waals surface area contributed by atoms with E-state index in [1.807, 2.05) is 67.1 Å². The van der Waals surface area contributed by atoms with E-state index >= 15 is 0 Å². The number of para-hydroxylation sites is 1. The number of nitrogens with zero attached hydrogens (tertiary/aromatic N) is 6. The molecule has 0 atom stereocenters. The second-order valence-corrected chi connectivity index (χ2v) is 8.73. The lowest BCUT2D eigenvalue weighted by atomic mass is 10.2. The number of hydrogen-bond acceptors (Lipinski definition) is 6. The van der Waals surface area contributed by atoms with Crippen LogP contribution in [0.3, 0.4) is 0 Å². The largest absolute Gasteiger partial charge is 0.305 e. The maximum absolute atomic E-state index is 12.3. The van der Waals surface area contributed by atoms with Gasteiger partial charge in [-0.1, -0.05) is 65.3 Å². The van der Waals surface area contributed by atoms with E-state index in [-0.39, 0.29) is 11.7 Å². The van der Waals surface area contributed by atoms with Gasteiger partial charge in [-0.25, -0.2) is 10.1 Å². The molecule has 0 radical (unpaired) electrons. The molecule has 0 spiro atoms. The first kappa shape index (κ1) is 23.0. The van der Waals surface area contributed by atoms with Crippen LogP contribution < -0.4 is 5.43 Å². The Hall–Kier alpha value is -3.14. The zero-order chi connectivity index (χ0) is 23.4. The third-order valence-corrected chi connectivity index (χ3v) is 6.30. The van der Waals surface area contributed by atoms with E-state index in [0.717, 1.165) is 11.3 Å². The van der Waals surface area contributed by atoms with Gasteiger partial charge < -0.3 is 4.57 Å². The Kier molecular flexibility index (Phi) is 7.12. The van der Waals surface area contributed by atoms with Crippen molar-refractivity contribution >= 4 is 47.1 Å². The molecule has 168 valence electrons. The Morgan fingerprint density at radius 3 is 2.70 bits per heavy atom. The van der Waals surface area contributed by atoms with Gasteiger partial charge in [-0.3, -0.25) is 4.79 Å². The minimum Gasteiger partial charge on any atom is -0.305 e. The van der Waals surface area contributed by atoms with E-state index in [2.05, 4.69) is 25.8 Å². The van der Waals surface area contributed by atoms with Gasteiger partial charge in [-0.05, 0) is 31.2 Å². The van der Waals surface area contributed by atoms with E-state index in [1.165, 1.54) is 18.0 Å². The first-order valence-electron chi connectivity index (χ1n) is 9.84. The fourth-order valence-electron chi connectivity index (χ4n) is 3.05. The molecule has 2 aromatic heterocycles. The van der Waals surface area contributed by atoms with Gasteiger partial charge in [-0.2, -0.15) is 10.2 Å². The molecule has 1 N–H and O–H groups in total. The lowest BCUT2D eigenvalue weighted by molar-refractivity contribution is -0.118. The Morgan fingerprint density at radius 1 is 1.15 bits per heavy atom. The van der Waals surface area contributed by atoms with Crippen molar-refractivity contribution in [3.63, 3.8) is 0 Å². The number of hydrogen-bond donors (Lipinski definition) is 1. The maximum atomic E-state index is 12.3. The van der Waals surface area contributed by atoms with Crippen LogP contribution in [0.25, 0.3) is 17.1 Å². The molecule has 0 aliphatic heterocycles. The van der Waals surface area contributed by atoms with Crippen molar-refractivity contribution in [2.24, 2.45) is 12.1 Å². The van der Waals surface area contributed by atoms with E-state index < -0.39 is 0 Å². The molecule has 0 unspecified atom stereocenters. The van der Waals surface area contributed by atoms with Crippen molar-refractivity contribution in [2.75, 3.05) is 5.75 Å². The standard InChI is InChI=1S/C22H19Cl2N7OS/c1-14-18(20(24)31(29-14)17-9-4-3-5-10-17)12-25-26-19(32)13-33-22-28-27-21(30(22)2)15-7-6-8-16(23)11-15/h3-12H,13H2,1-2H3,(H,26,32)/b25-12-. The molecule has 0 bridgehead atoms. The highest BCUT2D eigenvalue weighted by atomic mass is 35.5. The van der Waals surface area contributed by atoms with Crippen molar-refractivity contribution in [2.45, 2.75) is 12.1 Å². The average Bonchev–Trinajstić information content (AvgIpc) is 3.32. The lowest BCUT2D eigenvalue weighted by Crippen LogP contribution is -2.20. The molecule has 1 amide bonds. The molecule has 4 rings (SSSR count). The van der Waals surface area contributed by atoms with Crippen LogP contribution in [0.2, 0.25) is 10.2 Å². The van der Waals surface area contributed by atoms with Crippen LogP contribution >= 0.6 is 35.0 Å². The van der Waals surface area contributed by atoms with Crippen molar-refractivity contribution in [1.82, 2.24) is 30.0 Å². The molecule has 0 fully saturated rings. The van der Waals surface area contributed by atoms with Crippen LogP contribution in [-0.2, 0) is 11.8 Å². The number of carbonyl (C=O) groups is 1. The summed E-state index contributed by atoms with van der Waals surface area (Å²) in [7, 11) is 1.84. The van der Waals surface area contributed by atoms with Gasteiger partial charge in [0.25, 0.3) is 5.91 Å². The van der Waals surface area contributed by atoms with Gasteiger partial charge in [0.1, 0.15) is 5.15 Å². The summed E-state index contributed by atoms with van der Waals surface area (Å²) >= 11 is 13.8. The normalized spacial score (nSPS) is 11.3. The summed E-state index contributed by atoms with van der Waals surface area (Å²) in [4.78, 5) is 12.3. The monoisotopic (exact) mass is 499 g/mol. The molecule has 8 nitrogen and oxygen atoms in total. The highest BCUT2D eigenvalue weighted by Crippen LogP contribution is 2.25. The topological polar surface area (TPSA) is 90.0 Å². The number of thioether (sulfide) groups is 1. The molecule has 0 saturated heterocycles. The summed E-state index contributed by atoms with van der Waals surface area (Å²) in [5, 5.41) is 18.5. The van der Waals surface area contributed by atoms with E-state index in [4.69, 9.17) is 23.2 Å². The highest BCUT2D eigenvalue weighted by Gasteiger charge is 2.14. The SMILES string of the molecule is Cc1nn(-c2ccccc2)c(Cl)c1/C=N\NC(=O)CSc1nnc(-c2cccc(Cl)c2)n1C. The summed E-state index contributed by atoms with van der Waals surface area (Å²) in [6.07, 6.45) is 1.49. The number of hydrazone groups is 1. The van der Waals surface area contributed by atoms with Gasteiger partial charge in [0, 0.05) is 17.6 Å². The fourth-order valence-corrected chi connectivity index (χ4v) is 4.26. The smallest absolute Gasteiger partial charge is 0.250 e. The Bertz CT molecular complexity index is 1320. The van der Waals surface area contributed by atoms with Gasteiger partial charge in [-0.15, -0.1) is 10.2 Å². The van der Waals surface area contributed by atoms with Gasteiger partial charge in [0.2, 0.25) is 0 Å². The quantitative estimate of drug-likeness (QED) is 0.229. The number of aryl methyl sites for hydroxylation is 1. The maximum Gasteiger partial charge on any atom is 0.250 e. The Morgan fingerprint density at radius 2 is 1.94 bits per heavy atom. The number of nitrogens with one attached hydrogen (secondary N) is 1. The molecule has 0 aliphatic carbocycles. The second kappa shape index (κ2) is 10.2. The highest BCUT2D eigenvalue weighted by molar-refractivity contribution is 7.99. The molecule has 2 aromatic carbocycles. The predicted octanol–water partition coefficient (Wildman–Crippen LogP) is 4.53. The van der Waals surface area contributed by atoms with Crippen molar-refractivity contribution in [3.05, 3.63) is 76.0 Å². The van der Waals surface area contributed by atoms with E-state index in [1.54, 1.807) is 10.7 Å². The molecule has 33 heavy (non-hydrogen) atoms. The van der Waals surface area contributed by atoms with Crippen LogP contribution in [0.5, 0.6) is 0 Å². The number of carbonyl (C=O) groups excluding carboxylic acids is 1. The summed E-state index contributed by atoms with van der Waals surface area (Å²) < 4.78 is 3.44. The number of rotatable bonds is 7. The predicted molar refractivity (Wildman–Crippen MR) is 131 cm³/mol. The Balaban J connectivity index is 1.37. The van der Waals surface area contributed by atoms with Crippen LogP contribution in [-0.4, -0.2) is 42.4 Å². The zero-order valence-corrected chi connectivity index (χ0v) is 20.1. The van der Waals surface area contributed by atoms with Crippen LogP contribution in [0, 0.1) is 6.92 Å². The van der Waals surface area contributed by atoms with E-state index in [0.29, 0.717) is 32.4 Å². The fraction of sp³-hybridized carbons (Fsp3) is 0.136. The summed E-state index contributed by atoms with van der Waals surface area (Å²) in [5.74, 6) is 0.501. The molecule has 11 heteroatoms. The summed E-state index contributed by atoms with van der Waals surface area (Å²) in [6, 6.07) is 16.9. The van der Waals surface area contributed by atoms with Crippen molar-refractivity contribution < 1.29 is 4.79 Å². The number of benzene rings is 2.